The van der Waals surface area contributed by atoms with Crippen LogP contribution in [0.4, 0.5) is 11.4 Å². The molecule has 188 valence electrons. The van der Waals surface area contributed by atoms with Crippen LogP contribution in [0.25, 0.3) is 11.3 Å². The van der Waals surface area contributed by atoms with Crippen LogP contribution in [0.2, 0.25) is 10.0 Å². The number of carbonyl (C=O) groups is 3. The smallest absolute Gasteiger partial charge is 0.343 e. The number of benzene rings is 4. The first kappa shape index (κ1) is 25.2. The number of ether oxygens (including phenoxy) is 1. The lowest BCUT2D eigenvalue weighted by atomic mass is 10.0. The topological polar surface area (TPSA) is 95.9 Å². The van der Waals surface area contributed by atoms with Crippen molar-refractivity contribution in [3.8, 4) is 0 Å². The van der Waals surface area contributed by atoms with Crippen LogP contribution >= 0.6 is 23.2 Å². The zero-order valence-corrected chi connectivity index (χ0v) is 21.0. The van der Waals surface area contributed by atoms with Gasteiger partial charge in [-0.3, -0.25) is 14.8 Å². The lowest BCUT2D eigenvalue weighted by molar-refractivity contribution is -0.117. The van der Waals surface area contributed by atoms with Crippen LogP contribution in [0.5, 0.6) is 0 Å². The molecule has 0 spiro atoms. The van der Waals surface area contributed by atoms with Gasteiger partial charge in [-0.1, -0.05) is 71.7 Å². The molecule has 0 aromatic heterocycles. The Kier molecular flexibility index (Phi) is 6.98. The second-order valence-electron chi connectivity index (χ2n) is 8.25. The molecular formula is C29H18Cl2N2O5. The van der Waals surface area contributed by atoms with Crippen molar-refractivity contribution in [2.45, 2.75) is 0 Å². The summed E-state index contributed by atoms with van der Waals surface area (Å²) in [5.74, 6) is -1.96. The number of hydrogen-bond acceptors (Lipinski definition) is 5. The number of esters is 1. The van der Waals surface area contributed by atoms with E-state index >= 15 is 0 Å². The molecule has 0 aliphatic carbocycles. The predicted molar refractivity (Wildman–Crippen MR) is 145 cm³/mol. The Morgan fingerprint density at radius 3 is 2.13 bits per heavy atom. The molecule has 5 rings (SSSR count). The molecule has 4 aromatic carbocycles. The summed E-state index contributed by atoms with van der Waals surface area (Å²) in [4.78, 5) is 38.9. The number of carbonyl (C=O) groups excluding carboxylic acids is 3. The summed E-state index contributed by atoms with van der Waals surface area (Å²) in [6.45, 7) is 0. The molecule has 7 nitrogen and oxygen atoms in total. The monoisotopic (exact) mass is 544 g/mol. The largest absolute Gasteiger partial charge is 0.421 e. The van der Waals surface area contributed by atoms with E-state index < -0.39 is 17.8 Å². The van der Waals surface area contributed by atoms with Gasteiger partial charge in [0.1, 0.15) is 0 Å². The number of hydroxylamine groups is 1. The molecule has 38 heavy (non-hydrogen) atoms. The third-order valence-electron chi connectivity index (χ3n) is 5.80. The number of rotatable bonds is 5. The first-order valence-electron chi connectivity index (χ1n) is 11.3. The van der Waals surface area contributed by atoms with E-state index in [2.05, 4.69) is 5.32 Å². The highest BCUT2D eigenvalue weighted by Gasteiger charge is 2.36. The Balaban J connectivity index is 1.54. The Bertz CT molecular complexity index is 1600. The number of fused-ring (bicyclic) bond motifs is 1. The van der Waals surface area contributed by atoms with Crippen LogP contribution in [0.1, 0.15) is 31.8 Å². The van der Waals surface area contributed by atoms with Crippen molar-refractivity contribution >= 4 is 63.7 Å². The van der Waals surface area contributed by atoms with Crippen molar-refractivity contribution in [2.24, 2.45) is 0 Å². The standard InChI is InChI=1S/C29H18Cl2N2O5/c30-19-11-13-21(23(31)15-19)27(34)32-20-12-14-22-24(16-20)33(37)28(35)25(22)26(17-7-3-1-4-8-17)38-29(36)18-9-5-2-6-10-18/h1-16,37H,(H,32,34)/b26-25-. The van der Waals surface area contributed by atoms with Crippen molar-refractivity contribution in [3.63, 3.8) is 0 Å². The van der Waals surface area contributed by atoms with Crippen LogP contribution in [0.15, 0.2) is 97.1 Å². The zero-order chi connectivity index (χ0) is 26.8. The Morgan fingerprint density at radius 1 is 0.816 bits per heavy atom. The maximum atomic E-state index is 13.2. The van der Waals surface area contributed by atoms with Crippen molar-refractivity contribution in [1.82, 2.24) is 0 Å². The van der Waals surface area contributed by atoms with E-state index in [-0.39, 0.29) is 27.6 Å². The fraction of sp³-hybridized carbons (Fsp3) is 0. The molecule has 0 radical (unpaired) electrons. The van der Waals surface area contributed by atoms with E-state index in [0.29, 0.717) is 32.5 Å². The van der Waals surface area contributed by atoms with Gasteiger partial charge in [-0.15, -0.1) is 0 Å². The SMILES string of the molecule is O=C(O/C(=C1\C(=O)N(O)c2cc(NC(=O)c3ccc(Cl)cc3Cl)ccc21)c1ccccc1)c1ccccc1. The highest BCUT2D eigenvalue weighted by molar-refractivity contribution is 6.38. The van der Waals surface area contributed by atoms with Gasteiger partial charge in [-0.2, -0.15) is 5.06 Å². The van der Waals surface area contributed by atoms with E-state index in [1.165, 1.54) is 24.3 Å². The number of nitrogens with zero attached hydrogens (tertiary/aromatic N) is 1. The minimum Gasteiger partial charge on any atom is -0.421 e. The Hall–Kier alpha value is -4.43. The molecule has 0 saturated carbocycles. The molecule has 9 heteroatoms. The van der Waals surface area contributed by atoms with Gasteiger partial charge in [0.15, 0.2) is 5.76 Å². The van der Waals surface area contributed by atoms with Crippen molar-refractivity contribution in [2.75, 3.05) is 10.4 Å². The zero-order valence-electron chi connectivity index (χ0n) is 19.5. The maximum Gasteiger partial charge on any atom is 0.343 e. The normalized spacial score (nSPS) is 13.7. The molecular weight excluding hydrogens is 527 g/mol. The van der Waals surface area contributed by atoms with Gasteiger partial charge in [0, 0.05) is 21.8 Å². The fourth-order valence-corrected chi connectivity index (χ4v) is 4.48. The molecule has 0 saturated heterocycles. The average Bonchev–Trinajstić information content (AvgIpc) is 3.17. The van der Waals surface area contributed by atoms with E-state index in [9.17, 15) is 19.6 Å². The van der Waals surface area contributed by atoms with Gasteiger partial charge in [0.25, 0.3) is 11.8 Å². The number of hydrogen-bond donors (Lipinski definition) is 2. The summed E-state index contributed by atoms with van der Waals surface area (Å²) in [6, 6.07) is 26.0. The summed E-state index contributed by atoms with van der Waals surface area (Å²) in [6.07, 6.45) is 0. The highest BCUT2D eigenvalue weighted by Crippen LogP contribution is 2.42. The Morgan fingerprint density at radius 2 is 1.47 bits per heavy atom. The maximum absolute atomic E-state index is 13.2. The van der Waals surface area contributed by atoms with E-state index in [1.54, 1.807) is 72.8 Å². The summed E-state index contributed by atoms with van der Waals surface area (Å²) < 4.78 is 5.74. The molecule has 0 fully saturated rings. The van der Waals surface area contributed by atoms with Gasteiger partial charge in [-0.25, -0.2) is 4.79 Å². The minimum absolute atomic E-state index is 0.00315. The number of anilines is 2. The summed E-state index contributed by atoms with van der Waals surface area (Å²) >= 11 is 12.0. The predicted octanol–water partition coefficient (Wildman–Crippen LogP) is 6.71. The summed E-state index contributed by atoms with van der Waals surface area (Å²) in [5.41, 5.74) is 1.69. The van der Waals surface area contributed by atoms with Gasteiger partial charge in [0.05, 0.1) is 27.4 Å². The van der Waals surface area contributed by atoms with Crippen molar-refractivity contribution in [3.05, 3.63) is 129 Å². The van der Waals surface area contributed by atoms with Crippen LogP contribution in [-0.4, -0.2) is 23.0 Å². The molecule has 0 bridgehead atoms. The summed E-state index contributed by atoms with van der Waals surface area (Å²) in [5, 5.41) is 14.4. The van der Waals surface area contributed by atoms with Gasteiger partial charge < -0.3 is 10.1 Å². The average molecular weight is 545 g/mol. The first-order valence-corrected chi connectivity index (χ1v) is 12.1. The highest BCUT2D eigenvalue weighted by atomic mass is 35.5. The molecule has 2 N–H and O–H groups in total. The molecule has 0 atom stereocenters. The van der Waals surface area contributed by atoms with Crippen LogP contribution in [-0.2, 0) is 9.53 Å². The third kappa shape index (κ3) is 4.90. The first-order chi connectivity index (χ1) is 18.3. The number of halogens is 2. The lowest BCUT2D eigenvalue weighted by Crippen LogP contribution is -2.22. The molecule has 1 aliphatic heterocycles. The minimum atomic E-state index is -0.788. The van der Waals surface area contributed by atoms with E-state index in [1.807, 2.05) is 0 Å². The van der Waals surface area contributed by atoms with Crippen LogP contribution in [0.3, 0.4) is 0 Å². The van der Waals surface area contributed by atoms with Crippen LogP contribution < -0.4 is 10.4 Å². The van der Waals surface area contributed by atoms with Crippen molar-refractivity contribution < 1.29 is 24.3 Å². The van der Waals surface area contributed by atoms with Crippen molar-refractivity contribution in [1.29, 1.82) is 0 Å². The number of amides is 2. The van der Waals surface area contributed by atoms with E-state index in [4.69, 9.17) is 27.9 Å². The van der Waals surface area contributed by atoms with E-state index in [0.717, 1.165) is 0 Å². The number of nitrogens with one attached hydrogen (secondary N) is 1. The third-order valence-corrected chi connectivity index (χ3v) is 6.35. The van der Waals surface area contributed by atoms with Gasteiger partial charge >= 0.3 is 5.97 Å². The summed E-state index contributed by atoms with van der Waals surface area (Å²) in [7, 11) is 0. The quantitative estimate of drug-likeness (QED) is 0.126. The molecule has 1 aliphatic rings. The fourth-order valence-electron chi connectivity index (χ4n) is 3.99. The molecule has 2 amide bonds. The second-order valence-corrected chi connectivity index (χ2v) is 9.10. The van der Waals surface area contributed by atoms with Gasteiger partial charge in [-0.05, 0) is 48.5 Å². The Labute approximate surface area is 227 Å². The molecule has 0 unspecified atom stereocenters. The second kappa shape index (κ2) is 10.5. The molecule has 1 heterocycles. The van der Waals surface area contributed by atoms with Crippen LogP contribution in [0, 0.1) is 0 Å². The van der Waals surface area contributed by atoms with Gasteiger partial charge in [0.2, 0.25) is 0 Å². The molecule has 4 aromatic rings. The lowest BCUT2D eigenvalue weighted by Gasteiger charge is -2.12.